The van der Waals surface area contributed by atoms with Crippen LogP contribution in [0.15, 0.2) is 24.3 Å². The Labute approximate surface area is 116 Å². The summed E-state index contributed by atoms with van der Waals surface area (Å²) in [4.78, 5) is 0. The van der Waals surface area contributed by atoms with Crippen molar-refractivity contribution in [1.29, 1.82) is 0 Å². The molecule has 2 saturated carbocycles. The highest BCUT2D eigenvalue weighted by atomic mass is 16.5. The second kappa shape index (κ2) is 5.64. The van der Waals surface area contributed by atoms with E-state index in [-0.39, 0.29) is 12.1 Å². The molecule has 1 aromatic rings. The van der Waals surface area contributed by atoms with E-state index < -0.39 is 0 Å². The summed E-state index contributed by atoms with van der Waals surface area (Å²) in [5.74, 6) is 1.48. The molecule has 1 aromatic carbocycles. The van der Waals surface area contributed by atoms with E-state index in [1.807, 2.05) is 0 Å². The van der Waals surface area contributed by atoms with Gasteiger partial charge < -0.3 is 10.5 Å². The van der Waals surface area contributed by atoms with Crippen molar-refractivity contribution in [3.05, 3.63) is 35.4 Å². The van der Waals surface area contributed by atoms with Crippen molar-refractivity contribution < 1.29 is 4.74 Å². The Morgan fingerprint density at radius 1 is 1.16 bits per heavy atom. The van der Waals surface area contributed by atoms with Gasteiger partial charge in [-0.05, 0) is 55.6 Å². The molecule has 0 saturated heterocycles. The Morgan fingerprint density at radius 2 is 1.84 bits per heavy atom. The fourth-order valence-electron chi connectivity index (χ4n) is 3.07. The Kier molecular flexibility index (Phi) is 3.90. The van der Waals surface area contributed by atoms with Crippen LogP contribution in [0, 0.1) is 5.92 Å². The molecule has 0 spiro atoms. The maximum absolute atomic E-state index is 6.41. The van der Waals surface area contributed by atoms with Crippen molar-refractivity contribution >= 4 is 0 Å². The van der Waals surface area contributed by atoms with Gasteiger partial charge in [-0.15, -0.1) is 0 Å². The van der Waals surface area contributed by atoms with Crippen LogP contribution < -0.4 is 5.73 Å². The zero-order valence-corrected chi connectivity index (χ0v) is 11.8. The fraction of sp³-hybridized carbons (Fsp3) is 0.647. The maximum Gasteiger partial charge on any atom is 0.0795 e. The lowest BCUT2D eigenvalue weighted by Crippen LogP contribution is -2.31. The molecular weight excluding hydrogens is 234 g/mol. The molecule has 0 amide bonds. The molecule has 0 bridgehead atoms. The van der Waals surface area contributed by atoms with Gasteiger partial charge in [0.1, 0.15) is 0 Å². The van der Waals surface area contributed by atoms with Crippen molar-refractivity contribution in [1.82, 2.24) is 0 Å². The molecule has 0 aliphatic heterocycles. The van der Waals surface area contributed by atoms with Crippen LogP contribution >= 0.6 is 0 Å². The maximum atomic E-state index is 6.41. The van der Waals surface area contributed by atoms with E-state index in [1.165, 1.54) is 43.2 Å². The summed E-state index contributed by atoms with van der Waals surface area (Å²) in [6.45, 7) is 2.82. The topological polar surface area (TPSA) is 35.2 Å². The monoisotopic (exact) mass is 259 g/mol. The number of nitrogens with two attached hydrogens (primary N) is 1. The van der Waals surface area contributed by atoms with E-state index in [1.54, 1.807) is 0 Å². The molecule has 2 N–H and O–H groups in total. The van der Waals surface area contributed by atoms with Crippen molar-refractivity contribution in [2.45, 2.75) is 57.1 Å². The average molecular weight is 259 g/mol. The predicted octanol–water partition coefficient (Wildman–Crippen LogP) is 3.77. The highest BCUT2D eigenvalue weighted by Gasteiger charge is 2.36. The number of ether oxygens (including phenoxy) is 1. The van der Waals surface area contributed by atoms with Gasteiger partial charge in [0.25, 0.3) is 0 Å². The van der Waals surface area contributed by atoms with Gasteiger partial charge in [0, 0.05) is 6.61 Å². The highest BCUT2D eigenvalue weighted by Crippen LogP contribution is 2.40. The van der Waals surface area contributed by atoms with E-state index in [0.29, 0.717) is 5.92 Å². The van der Waals surface area contributed by atoms with Gasteiger partial charge in [-0.25, -0.2) is 0 Å². The third-order valence-electron chi connectivity index (χ3n) is 4.70. The molecular formula is C17H25NO. The Morgan fingerprint density at radius 3 is 2.32 bits per heavy atom. The molecule has 2 atom stereocenters. The van der Waals surface area contributed by atoms with Crippen LogP contribution in [-0.2, 0) is 4.74 Å². The Balaban J connectivity index is 1.69. The van der Waals surface area contributed by atoms with E-state index in [4.69, 9.17) is 10.5 Å². The van der Waals surface area contributed by atoms with Crippen LogP contribution in [0.3, 0.4) is 0 Å². The largest absolute Gasteiger partial charge is 0.376 e. The summed E-state index contributed by atoms with van der Waals surface area (Å²) in [6.07, 6.45) is 6.86. The number of rotatable bonds is 6. The molecule has 2 nitrogen and oxygen atoms in total. The van der Waals surface area contributed by atoms with Crippen LogP contribution in [0.25, 0.3) is 0 Å². The molecule has 2 aliphatic carbocycles. The van der Waals surface area contributed by atoms with Gasteiger partial charge in [-0.1, -0.05) is 30.7 Å². The van der Waals surface area contributed by atoms with Gasteiger partial charge >= 0.3 is 0 Å². The first kappa shape index (κ1) is 13.1. The molecule has 2 aliphatic rings. The van der Waals surface area contributed by atoms with Gasteiger partial charge in [0.15, 0.2) is 0 Å². The first-order valence-corrected chi connectivity index (χ1v) is 7.76. The summed E-state index contributed by atoms with van der Waals surface area (Å²) in [7, 11) is 0. The van der Waals surface area contributed by atoms with E-state index in [9.17, 15) is 0 Å². The molecule has 0 aromatic heterocycles. The third kappa shape index (κ3) is 2.85. The second-order valence-corrected chi connectivity index (χ2v) is 6.08. The zero-order valence-electron chi connectivity index (χ0n) is 11.8. The quantitative estimate of drug-likeness (QED) is 0.844. The summed E-state index contributed by atoms with van der Waals surface area (Å²) < 4.78 is 5.87. The Bertz CT molecular complexity index is 406. The van der Waals surface area contributed by atoms with Crippen molar-refractivity contribution in [3.8, 4) is 0 Å². The van der Waals surface area contributed by atoms with Crippen LogP contribution in [-0.4, -0.2) is 12.7 Å². The highest BCUT2D eigenvalue weighted by molar-refractivity contribution is 5.29. The minimum absolute atomic E-state index is 0.0305. The minimum Gasteiger partial charge on any atom is -0.376 e. The minimum atomic E-state index is 0.0305. The van der Waals surface area contributed by atoms with Crippen LogP contribution in [0.1, 0.15) is 62.1 Å². The molecule has 3 rings (SSSR count). The van der Waals surface area contributed by atoms with Crippen molar-refractivity contribution in [2.75, 3.05) is 6.61 Å². The normalized spacial score (nSPS) is 22.8. The first-order valence-electron chi connectivity index (χ1n) is 7.76. The van der Waals surface area contributed by atoms with Crippen LogP contribution in [0.5, 0.6) is 0 Å². The standard InChI is InChI=1S/C17H25NO/c1-2-19-17(15-10-11-15)16(18)14-8-6-13(7-9-14)12-4-3-5-12/h6-9,12,15-17H,2-5,10-11,18H2,1H3. The fourth-order valence-corrected chi connectivity index (χ4v) is 3.07. The summed E-state index contributed by atoms with van der Waals surface area (Å²) >= 11 is 0. The molecule has 0 radical (unpaired) electrons. The summed E-state index contributed by atoms with van der Waals surface area (Å²) in [6, 6.07) is 9.01. The molecule has 104 valence electrons. The van der Waals surface area contributed by atoms with E-state index in [0.717, 1.165) is 12.5 Å². The number of hydrogen-bond acceptors (Lipinski definition) is 2. The second-order valence-electron chi connectivity index (χ2n) is 6.08. The van der Waals surface area contributed by atoms with Gasteiger partial charge in [0.2, 0.25) is 0 Å². The van der Waals surface area contributed by atoms with Crippen molar-refractivity contribution in [3.63, 3.8) is 0 Å². The summed E-state index contributed by atoms with van der Waals surface area (Å²) in [5, 5.41) is 0. The van der Waals surface area contributed by atoms with E-state index in [2.05, 4.69) is 31.2 Å². The first-order chi connectivity index (χ1) is 9.29. The van der Waals surface area contributed by atoms with Crippen molar-refractivity contribution in [2.24, 2.45) is 11.7 Å². The molecule has 0 heterocycles. The predicted molar refractivity (Wildman–Crippen MR) is 78.1 cm³/mol. The van der Waals surface area contributed by atoms with Gasteiger partial charge in [-0.3, -0.25) is 0 Å². The number of hydrogen-bond donors (Lipinski definition) is 1. The number of benzene rings is 1. The van der Waals surface area contributed by atoms with Gasteiger partial charge in [0.05, 0.1) is 12.1 Å². The molecule has 2 unspecified atom stereocenters. The lowest BCUT2D eigenvalue weighted by molar-refractivity contribution is 0.0283. The molecule has 19 heavy (non-hydrogen) atoms. The lowest BCUT2D eigenvalue weighted by Gasteiger charge is -2.27. The van der Waals surface area contributed by atoms with Crippen LogP contribution in [0.2, 0.25) is 0 Å². The van der Waals surface area contributed by atoms with Gasteiger partial charge in [-0.2, -0.15) is 0 Å². The molecule has 2 heteroatoms. The Hall–Kier alpha value is -0.860. The third-order valence-corrected chi connectivity index (χ3v) is 4.70. The van der Waals surface area contributed by atoms with Crippen LogP contribution in [0.4, 0.5) is 0 Å². The lowest BCUT2D eigenvalue weighted by atomic mass is 9.79. The smallest absolute Gasteiger partial charge is 0.0795 e. The molecule has 2 fully saturated rings. The van der Waals surface area contributed by atoms with E-state index >= 15 is 0 Å². The average Bonchev–Trinajstić information content (AvgIpc) is 3.18. The zero-order chi connectivity index (χ0) is 13.2. The summed E-state index contributed by atoms with van der Waals surface area (Å²) in [5.41, 5.74) is 9.13. The SMILES string of the molecule is CCOC(C1CC1)C(N)c1ccc(C2CCC2)cc1.